The van der Waals surface area contributed by atoms with Gasteiger partial charge in [0.25, 0.3) is 0 Å². The maximum Gasteiger partial charge on any atom is 2.00 e. The van der Waals surface area contributed by atoms with Gasteiger partial charge >= 0.3 is 19.5 Å². The molecule has 0 amide bonds. The molecular weight excluding hydrogens is 621 g/mol. The van der Waals surface area contributed by atoms with Crippen molar-refractivity contribution in [1.29, 1.82) is 0 Å². The van der Waals surface area contributed by atoms with Crippen molar-refractivity contribution in [2.75, 3.05) is 0 Å². The smallest absolute Gasteiger partial charge is 0.295 e. The Balaban J connectivity index is 0.00000267. The van der Waals surface area contributed by atoms with Gasteiger partial charge in [0.1, 0.15) is 11.5 Å². The van der Waals surface area contributed by atoms with Crippen LogP contribution in [0.5, 0.6) is 0 Å². The number of benzene rings is 4. The molecule has 0 fully saturated rings. The van der Waals surface area contributed by atoms with Crippen molar-refractivity contribution in [1.82, 2.24) is 14.5 Å². The molecule has 8 aromatic rings. The SMILES string of the molecule is [Rh+2].[c-]1ccccc1-c1ccc2c3ccccc3n(-c3ccc4c(n3)C(c3[c-]sc5ccccc35)c3ccccc3-4)c2n1. The topological polar surface area (TPSA) is 30.7 Å². The molecule has 199 valence electrons. The molecule has 1 radical (unpaired) electrons. The van der Waals surface area contributed by atoms with Crippen molar-refractivity contribution >= 4 is 43.4 Å². The van der Waals surface area contributed by atoms with Gasteiger partial charge in [0.15, 0.2) is 0 Å². The van der Waals surface area contributed by atoms with Gasteiger partial charge in [-0.05, 0) is 35.0 Å². The quantitative estimate of drug-likeness (QED) is 0.142. The molecule has 0 spiro atoms. The van der Waals surface area contributed by atoms with Gasteiger partial charge in [-0.1, -0.05) is 66.7 Å². The van der Waals surface area contributed by atoms with E-state index in [0.717, 1.165) is 44.7 Å². The molecular formula is C37H21N3RhS. The fraction of sp³-hybridized carbons (Fsp3) is 0.0270. The summed E-state index contributed by atoms with van der Waals surface area (Å²) in [6, 6.07) is 45.8. The van der Waals surface area contributed by atoms with E-state index in [1.807, 2.05) is 18.2 Å². The van der Waals surface area contributed by atoms with Crippen molar-refractivity contribution in [3.05, 3.63) is 150 Å². The maximum absolute atomic E-state index is 5.46. The minimum atomic E-state index is 0. The standard InChI is InChI=1S/C37H21N3S.Rh/c1-2-10-23(11-3-1)31-20-18-29-25-13-6-8-16-32(25)40(37(29)38-31)34-21-19-28-24-12-4-5-15-27(24)35(36(28)39-34)30-22-41-33-17-9-7-14-26(30)33;/h1-10,12-21,35H;/q-2;+2. The first-order valence-electron chi connectivity index (χ1n) is 13.7. The molecule has 0 saturated heterocycles. The van der Waals surface area contributed by atoms with Crippen LogP contribution in [0.15, 0.2) is 121 Å². The van der Waals surface area contributed by atoms with Crippen LogP contribution in [-0.4, -0.2) is 14.5 Å². The van der Waals surface area contributed by atoms with Gasteiger partial charge in [0.05, 0.1) is 11.2 Å². The van der Waals surface area contributed by atoms with Crippen molar-refractivity contribution in [3.8, 4) is 28.2 Å². The summed E-state index contributed by atoms with van der Waals surface area (Å²) in [4.78, 5) is 10.6. The van der Waals surface area contributed by atoms with E-state index < -0.39 is 0 Å². The zero-order chi connectivity index (χ0) is 26.9. The normalized spacial score (nSPS) is 13.8. The van der Waals surface area contributed by atoms with E-state index in [4.69, 9.17) is 9.97 Å². The number of rotatable bonds is 3. The second-order valence-corrected chi connectivity index (χ2v) is 11.3. The number of aromatic nitrogens is 3. The molecule has 3 nitrogen and oxygen atoms in total. The minimum Gasteiger partial charge on any atom is -0.295 e. The largest absolute Gasteiger partial charge is 2.00 e. The van der Waals surface area contributed by atoms with Crippen LogP contribution in [0.4, 0.5) is 0 Å². The summed E-state index contributed by atoms with van der Waals surface area (Å²) < 4.78 is 3.47. The number of pyridine rings is 2. The van der Waals surface area contributed by atoms with Gasteiger partial charge in [0, 0.05) is 22.3 Å². The Bertz CT molecular complexity index is 2280. The van der Waals surface area contributed by atoms with Crippen molar-refractivity contribution in [3.63, 3.8) is 0 Å². The van der Waals surface area contributed by atoms with Gasteiger partial charge in [-0.2, -0.15) is 5.39 Å². The monoisotopic (exact) mass is 642 g/mol. The first-order chi connectivity index (χ1) is 20.3. The molecule has 4 heterocycles. The number of thiophene rings is 1. The van der Waals surface area contributed by atoms with E-state index in [1.165, 1.54) is 32.3 Å². The van der Waals surface area contributed by atoms with Crippen LogP contribution in [0.1, 0.15) is 22.7 Å². The molecule has 0 bridgehead atoms. The predicted octanol–water partition coefficient (Wildman–Crippen LogP) is 9.21. The number of nitrogens with zero attached hydrogens (tertiary/aromatic N) is 3. The third-order valence-electron chi connectivity index (χ3n) is 8.22. The molecule has 1 atom stereocenters. The Morgan fingerprint density at radius 2 is 1.48 bits per heavy atom. The third kappa shape index (κ3) is 3.67. The average Bonchev–Trinajstić information content (AvgIpc) is 3.70. The molecule has 42 heavy (non-hydrogen) atoms. The van der Waals surface area contributed by atoms with Gasteiger partial charge in [0.2, 0.25) is 0 Å². The molecule has 9 rings (SSSR count). The zero-order valence-electron chi connectivity index (χ0n) is 22.2. The van der Waals surface area contributed by atoms with Gasteiger partial charge in [-0.3, -0.25) is 20.9 Å². The summed E-state index contributed by atoms with van der Waals surface area (Å²) in [5.41, 5.74) is 9.85. The summed E-state index contributed by atoms with van der Waals surface area (Å²) in [5.74, 6) is 0.891. The van der Waals surface area contributed by atoms with Crippen molar-refractivity contribution in [2.45, 2.75) is 5.92 Å². The molecule has 1 aliphatic carbocycles. The van der Waals surface area contributed by atoms with Crippen LogP contribution in [-0.2, 0) is 19.5 Å². The Morgan fingerprint density at radius 3 is 2.38 bits per heavy atom. The van der Waals surface area contributed by atoms with Crippen LogP contribution in [0.3, 0.4) is 0 Å². The Labute approximate surface area is 259 Å². The number of fused-ring (bicyclic) bond motifs is 7. The van der Waals surface area contributed by atoms with Crippen LogP contribution < -0.4 is 0 Å². The molecule has 1 aliphatic rings. The maximum atomic E-state index is 5.46. The van der Waals surface area contributed by atoms with Crippen LogP contribution >= 0.6 is 11.3 Å². The summed E-state index contributed by atoms with van der Waals surface area (Å²) in [6.45, 7) is 0. The van der Waals surface area contributed by atoms with Crippen molar-refractivity contribution in [2.24, 2.45) is 0 Å². The van der Waals surface area contributed by atoms with E-state index in [0.29, 0.717) is 0 Å². The minimum absolute atomic E-state index is 0. The second kappa shape index (κ2) is 9.84. The van der Waals surface area contributed by atoms with Crippen LogP contribution in [0.2, 0.25) is 0 Å². The van der Waals surface area contributed by atoms with E-state index in [1.54, 1.807) is 11.3 Å². The Morgan fingerprint density at radius 1 is 0.667 bits per heavy atom. The number of hydrogen-bond donors (Lipinski definition) is 0. The van der Waals surface area contributed by atoms with E-state index in [9.17, 15) is 0 Å². The molecule has 0 aliphatic heterocycles. The van der Waals surface area contributed by atoms with Gasteiger partial charge < -0.3 is 0 Å². The Hall–Kier alpha value is -4.44. The Kier molecular flexibility index (Phi) is 5.92. The fourth-order valence-corrected chi connectivity index (χ4v) is 7.28. The first kappa shape index (κ1) is 25.3. The van der Waals surface area contributed by atoms with Crippen LogP contribution in [0, 0.1) is 11.4 Å². The molecule has 0 saturated carbocycles. The van der Waals surface area contributed by atoms with Crippen molar-refractivity contribution < 1.29 is 19.5 Å². The first-order valence-corrected chi connectivity index (χ1v) is 14.5. The van der Waals surface area contributed by atoms with E-state index in [2.05, 4.69) is 119 Å². The molecule has 1 unspecified atom stereocenters. The number of para-hydroxylation sites is 1. The fourth-order valence-electron chi connectivity index (χ4n) is 6.40. The summed E-state index contributed by atoms with van der Waals surface area (Å²) in [7, 11) is 0. The van der Waals surface area contributed by atoms with E-state index in [-0.39, 0.29) is 25.4 Å². The summed E-state index contributed by atoms with van der Waals surface area (Å²) in [5, 5.41) is 7.18. The summed E-state index contributed by atoms with van der Waals surface area (Å²) >= 11 is 1.68. The molecule has 0 N–H and O–H groups in total. The van der Waals surface area contributed by atoms with Crippen LogP contribution in [0.25, 0.3) is 60.2 Å². The van der Waals surface area contributed by atoms with E-state index >= 15 is 0 Å². The molecule has 4 aromatic heterocycles. The predicted molar refractivity (Wildman–Crippen MR) is 168 cm³/mol. The van der Waals surface area contributed by atoms with Gasteiger partial charge in [-0.25, -0.2) is 4.98 Å². The second-order valence-electron chi connectivity index (χ2n) is 10.4. The molecule has 4 aromatic carbocycles. The van der Waals surface area contributed by atoms with Gasteiger partial charge in [-0.15, -0.1) is 63.7 Å². The molecule has 5 heteroatoms. The third-order valence-corrected chi connectivity index (χ3v) is 9.12. The average molecular weight is 643 g/mol. The summed E-state index contributed by atoms with van der Waals surface area (Å²) in [6.07, 6.45) is 0. The zero-order valence-corrected chi connectivity index (χ0v) is 24.7. The number of hydrogen-bond acceptors (Lipinski definition) is 3.